The molecule has 0 radical (unpaired) electrons. The van der Waals surface area contributed by atoms with Crippen molar-refractivity contribution in [1.82, 2.24) is 10.2 Å². The van der Waals surface area contributed by atoms with Gasteiger partial charge in [-0.05, 0) is 43.9 Å². The number of halogens is 1. The Morgan fingerprint density at radius 2 is 1.95 bits per heavy atom. The summed E-state index contributed by atoms with van der Waals surface area (Å²) in [5.41, 5.74) is 6.28. The second-order valence-corrected chi connectivity index (χ2v) is 7.30. The fourth-order valence-corrected chi connectivity index (χ4v) is 3.64. The minimum absolute atomic E-state index is 0.0270. The summed E-state index contributed by atoms with van der Waals surface area (Å²) in [6, 6.07) is 8.71. The zero-order valence-electron chi connectivity index (χ0n) is 12.3. The number of hydrogen-bond donors (Lipinski definition) is 2. The molecular weight excluding hydrogens is 330 g/mol. The summed E-state index contributed by atoms with van der Waals surface area (Å²) in [5.74, 6) is 0.0270. The maximum atomic E-state index is 12.9. The first-order valence-electron chi connectivity index (χ1n) is 7.57. The van der Waals surface area contributed by atoms with E-state index in [4.69, 9.17) is 5.73 Å². The van der Waals surface area contributed by atoms with E-state index in [1.54, 1.807) is 0 Å². The predicted molar refractivity (Wildman–Crippen MR) is 86.8 cm³/mol. The Morgan fingerprint density at radius 1 is 1.29 bits per heavy atom. The zero-order chi connectivity index (χ0) is 15.0. The van der Waals surface area contributed by atoms with Gasteiger partial charge in [-0.25, -0.2) is 0 Å². The lowest BCUT2D eigenvalue weighted by molar-refractivity contribution is -0.137. The van der Waals surface area contributed by atoms with Crippen LogP contribution in [0, 0.1) is 0 Å². The highest BCUT2D eigenvalue weighted by Crippen LogP contribution is 2.26. The van der Waals surface area contributed by atoms with E-state index in [2.05, 4.69) is 21.2 Å². The summed E-state index contributed by atoms with van der Waals surface area (Å²) in [5, 5.41) is 3.60. The van der Waals surface area contributed by atoms with Crippen molar-refractivity contribution in [3.8, 4) is 0 Å². The van der Waals surface area contributed by atoms with Gasteiger partial charge in [0.25, 0.3) is 0 Å². The molecule has 3 unspecified atom stereocenters. The molecular formula is C16H22BrN3O. The van der Waals surface area contributed by atoms with Gasteiger partial charge in [0.2, 0.25) is 5.91 Å². The number of hydrogen-bond acceptors (Lipinski definition) is 3. The van der Waals surface area contributed by atoms with E-state index >= 15 is 0 Å². The van der Waals surface area contributed by atoms with Gasteiger partial charge in [-0.15, -0.1) is 0 Å². The molecule has 0 aromatic heterocycles. The van der Waals surface area contributed by atoms with Crippen LogP contribution in [0.5, 0.6) is 0 Å². The van der Waals surface area contributed by atoms with E-state index in [0.29, 0.717) is 12.1 Å². The van der Waals surface area contributed by atoms with Crippen LogP contribution in [-0.4, -0.2) is 36.0 Å². The van der Waals surface area contributed by atoms with Gasteiger partial charge in [0.05, 0.1) is 0 Å². The molecule has 1 aromatic rings. The van der Waals surface area contributed by atoms with Crippen LogP contribution in [0.15, 0.2) is 28.7 Å². The molecule has 1 amide bonds. The number of nitrogens with zero attached hydrogens (tertiary/aromatic N) is 1. The maximum absolute atomic E-state index is 12.9. The Labute approximate surface area is 134 Å². The highest BCUT2D eigenvalue weighted by atomic mass is 79.9. The number of likely N-dealkylation sites (tertiary alicyclic amines) is 1. The van der Waals surface area contributed by atoms with Crippen molar-refractivity contribution in [3.05, 3.63) is 34.3 Å². The number of carbonyl (C=O) groups is 1. The lowest BCUT2D eigenvalue weighted by Gasteiger charge is -2.33. The molecule has 5 heteroatoms. The van der Waals surface area contributed by atoms with E-state index in [0.717, 1.165) is 36.0 Å². The second-order valence-electron chi connectivity index (χ2n) is 6.39. The topological polar surface area (TPSA) is 58.4 Å². The van der Waals surface area contributed by atoms with Crippen LogP contribution in [0.4, 0.5) is 0 Å². The molecule has 2 saturated heterocycles. The molecule has 0 saturated carbocycles. The fraction of sp³-hybridized carbons (Fsp3) is 0.562. The van der Waals surface area contributed by atoms with Gasteiger partial charge in [0.15, 0.2) is 0 Å². The van der Waals surface area contributed by atoms with E-state index in [1.165, 1.54) is 6.42 Å². The number of fused-ring (bicyclic) bond motifs is 2. The summed E-state index contributed by atoms with van der Waals surface area (Å²) in [7, 11) is 0. The molecule has 3 atom stereocenters. The number of carbonyl (C=O) groups excluding carboxylic acids is 1. The second kappa shape index (κ2) is 5.71. The number of nitrogens with two attached hydrogens (primary N) is 1. The standard InChI is InChI=1S/C16H22BrN3O/c1-16(18,11-2-4-12(17)5-3-11)15(21)20-9-8-13-6-7-14(10-20)19-13/h2-5,13-14,19H,6-10,18H2,1H3. The number of benzene rings is 1. The molecule has 4 nitrogen and oxygen atoms in total. The van der Waals surface area contributed by atoms with Crippen molar-refractivity contribution < 1.29 is 4.79 Å². The Hall–Kier alpha value is -0.910. The van der Waals surface area contributed by atoms with Gasteiger partial charge in [-0.3, -0.25) is 4.79 Å². The summed E-state index contributed by atoms with van der Waals surface area (Å²) in [4.78, 5) is 14.8. The van der Waals surface area contributed by atoms with E-state index in [-0.39, 0.29) is 5.91 Å². The van der Waals surface area contributed by atoms with Gasteiger partial charge >= 0.3 is 0 Å². The van der Waals surface area contributed by atoms with Crippen LogP contribution >= 0.6 is 15.9 Å². The number of nitrogens with one attached hydrogen (secondary N) is 1. The molecule has 0 aliphatic carbocycles. The van der Waals surface area contributed by atoms with Crippen molar-refractivity contribution in [2.45, 2.75) is 43.8 Å². The lowest BCUT2D eigenvalue weighted by Crippen LogP contribution is -2.52. The SMILES string of the molecule is CC(N)(C(=O)N1CCC2CCC(C1)N2)c1ccc(Br)cc1. The van der Waals surface area contributed by atoms with Gasteiger partial charge in [-0.1, -0.05) is 28.1 Å². The van der Waals surface area contributed by atoms with E-state index in [9.17, 15) is 4.79 Å². The summed E-state index contributed by atoms with van der Waals surface area (Å²) < 4.78 is 0.991. The molecule has 2 bridgehead atoms. The van der Waals surface area contributed by atoms with Crippen LogP contribution in [0.2, 0.25) is 0 Å². The van der Waals surface area contributed by atoms with Gasteiger partial charge < -0.3 is 16.0 Å². The predicted octanol–water partition coefficient (Wildman–Crippen LogP) is 1.98. The first kappa shape index (κ1) is 15.0. The van der Waals surface area contributed by atoms with Crippen LogP contribution in [0.25, 0.3) is 0 Å². The summed E-state index contributed by atoms with van der Waals surface area (Å²) in [6.45, 7) is 3.39. The average molecular weight is 352 g/mol. The molecule has 2 fully saturated rings. The Bertz CT molecular complexity index is 529. The Morgan fingerprint density at radius 3 is 2.67 bits per heavy atom. The fourth-order valence-electron chi connectivity index (χ4n) is 3.38. The zero-order valence-corrected chi connectivity index (χ0v) is 13.9. The maximum Gasteiger partial charge on any atom is 0.247 e. The van der Waals surface area contributed by atoms with Crippen LogP contribution in [-0.2, 0) is 10.3 Å². The first-order chi connectivity index (χ1) is 9.96. The summed E-state index contributed by atoms with van der Waals surface area (Å²) in [6.07, 6.45) is 3.42. The minimum atomic E-state index is -0.968. The van der Waals surface area contributed by atoms with Gasteiger partial charge in [-0.2, -0.15) is 0 Å². The highest BCUT2D eigenvalue weighted by Gasteiger charge is 2.38. The molecule has 114 valence electrons. The molecule has 3 rings (SSSR count). The number of amides is 1. The van der Waals surface area contributed by atoms with Crippen molar-refractivity contribution in [1.29, 1.82) is 0 Å². The molecule has 21 heavy (non-hydrogen) atoms. The van der Waals surface area contributed by atoms with Crippen LogP contribution < -0.4 is 11.1 Å². The first-order valence-corrected chi connectivity index (χ1v) is 8.36. The normalized spacial score (nSPS) is 28.0. The average Bonchev–Trinajstić information content (AvgIpc) is 2.78. The van der Waals surface area contributed by atoms with Crippen molar-refractivity contribution in [2.75, 3.05) is 13.1 Å². The monoisotopic (exact) mass is 351 g/mol. The smallest absolute Gasteiger partial charge is 0.247 e. The van der Waals surface area contributed by atoms with E-state index < -0.39 is 5.54 Å². The molecule has 1 aromatic carbocycles. The third-order valence-corrected chi connectivity index (χ3v) is 5.23. The van der Waals surface area contributed by atoms with Crippen molar-refractivity contribution in [3.63, 3.8) is 0 Å². The van der Waals surface area contributed by atoms with Gasteiger partial charge in [0, 0.05) is 29.6 Å². The molecule has 3 N–H and O–H groups in total. The molecule has 2 aliphatic heterocycles. The molecule has 0 spiro atoms. The summed E-state index contributed by atoms with van der Waals surface area (Å²) >= 11 is 3.41. The third kappa shape index (κ3) is 3.00. The quantitative estimate of drug-likeness (QED) is 0.856. The van der Waals surface area contributed by atoms with Crippen LogP contribution in [0.3, 0.4) is 0 Å². The van der Waals surface area contributed by atoms with E-state index in [1.807, 2.05) is 36.1 Å². The third-order valence-electron chi connectivity index (χ3n) is 4.70. The highest BCUT2D eigenvalue weighted by molar-refractivity contribution is 9.10. The van der Waals surface area contributed by atoms with Crippen molar-refractivity contribution in [2.24, 2.45) is 5.73 Å². The lowest BCUT2D eigenvalue weighted by atomic mass is 9.91. The van der Waals surface area contributed by atoms with Gasteiger partial charge in [0.1, 0.15) is 5.54 Å². The minimum Gasteiger partial charge on any atom is -0.339 e. The van der Waals surface area contributed by atoms with Crippen molar-refractivity contribution >= 4 is 21.8 Å². The molecule has 2 heterocycles. The molecule has 2 aliphatic rings. The Balaban J connectivity index is 1.78. The largest absolute Gasteiger partial charge is 0.339 e. The van der Waals surface area contributed by atoms with Crippen LogP contribution in [0.1, 0.15) is 31.7 Å². The number of rotatable bonds is 2. The Kier molecular flexibility index (Phi) is 4.08.